The van der Waals surface area contributed by atoms with E-state index in [-0.39, 0.29) is 10.9 Å². The fourth-order valence-electron chi connectivity index (χ4n) is 2.84. The van der Waals surface area contributed by atoms with Crippen molar-refractivity contribution >= 4 is 43.0 Å². The number of nitrogens with zero attached hydrogens (tertiary/aromatic N) is 3. The highest BCUT2D eigenvalue weighted by Gasteiger charge is 2.29. The summed E-state index contributed by atoms with van der Waals surface area (Å²) in [6.45, 7) is 0.768. The average Bonchev–Trinajstić information content (AvgIpc) is 3.13. The number of nitrogens with one attached hydrogen (secondary N) is 1. The van der Waals surface area contributed by atoms with E-state index in [1.54, 1.807) is 22.2 Å². The van der Waals surface area contributed by atoms with Gasteiger partial charge in [0.05, 0.1) is 6.04 Å². The number of aryl methyl sites for hydroxylation is 1. The number of hydrogen-bond acceptors (Lipinski definition) is 5. The lowest BCUT2D eigenvalue weighted by atomic mass is 10.1. The molecule has 0 fully saturated rings. The number of halogens is 1. The second kappa shape index (κ2) is 5.55. The minimum absolute atomic E-state index is 0.261. The van der Waals surface area contributed by atoms with Crippen LogP contribution in [0.15, 0.2) is 34.8 Å². The molecule has 23 heavy (non-hydrogen) atoms. The molecule has 1 aliphatic rings. The molecule has 0 aliphatic carbocycles. The first kappa shape index (κ1) is 15.1. The zero-order chi connectivity index (χ0) is 16.0. The van der Waals surface area contributed by atoms with Crippen molar-refractivity contribution in [2.45, 2.75) is 30.3 Å². The minimum Gasteiger partial charge on any atom is -0.248 e. The molecule has 1 aliphatic heterocycles. The topological polar surface area (TPSA) is 76.9 Å². The summed E-state index contributed by atoms with van der Waals surface area (Å²) < 4.78 is 31.0. The van der Waals surface area contributed by atoms with Crippen LogP contribution in [0.2, 0.25) is 5.02 Å². The Labute approximate surface area is 142 Å². The van der Waals surface area contributed by atoms with E-state index in [9.17, 15) is 8.42 Å². The van der Waals surface area contributed by atoms with Crippen LogP contribution in [-0.4, -0.2) is 23.2 Å². The smallest absolute Gasteiger partial charge is 0.242 e. The number of fused-ring (bicyclic) bond motifs is 2. The van der Waals surface area contributed by atoms with Crippen LogP contribution in [0.1, 0.15) is 24.7 Å². The van der Waals surface area contributed by atoms with Crippen molar-refractivity contribution in [3.8, 4) is 0 Å². The van der Waals surface area contributed by atoms with Crippen molar-refractivity contribution in [3.05, 3.63) is 40.8 Å². The summed E-state index contributed by atoms with van der Waals surface area (Å²) in [4.78, 5) is 4.45. The van der Waals surface area contributed by atoms with Crippen molar-refractivity contribution < 1.29 is 8.42 Å². The van der Waals surface area contributed by atoms with Gasteiger partial charge in [0.15, 0.2) is 0 Å². The van der Waals surface area contributed by atoms with Gasteiger partial charge in [-0.3, -0.25) is 0 Å². The Morgan fingerprint density at radius 2 is 2.26 bits per heavy atom. The highest BCUT2D eigenvalue weighted by Crippen LogP contribution is 2.33. The maximum Gasteiger partial charge on any atom is 0.242 e. The van der Waals surface area contributed by atoms with E-state index < -0.39 is 10.0 Å². The fraction of sp³-hybridized carbons (Fsp3) is 0.286. The average molecular weight is 369 g/mol. The van der Waals surface area contributed by atoms with Gasteiger partial charge in [-0.05, 0) is 31.0 Å². The zero-order valence-corrected chi connectivity index (χ0v) is 14.3. The molecule has 4 rings (SSSR count). The van der Waals surface area contributed by atoms with Gasteiger partial charge < -0.3 is 0 Å². The highest BCUT2D eigenvalue weighted by molar-refractivity contribution is 7.90. The van der Waals surface area contributed by atoms with Gasteiger partial charge in [-0.1, -0.05) is 11.6 Å². The SMILES string of the molecule is O=S(=O)(NC1CCCn2ncnc21)c1csc2ccc(Cl)cc12. The Kier molecular flexibility index (Phi) is 3.64. The van der Waals surface area contributed by atoms with Gasteiger partial charge in [-0.2, -0.15) is 5.10 Å². The van der Waals surface area contributed by atoms with Gasteiger partial charge in [-0.15, -0.1) is 11.3 Å². The molecule has 3 aromatic rings. The first-order chi connectivity index (χ1) is 11.0. The van der Waals surface area contributed by atoms with Crippen LogP contribution in [-0.2, 0) is 16.6 Å². The Balaban J connectivity index is 1.72. The van der Waals surface area contributed by atoms with Crippen molar-refractivity contribution in [2.24, 2.45) is 0 Å². The minimum atomic E-state index is -3.66. The summed E-state index contributed by atoms with van der Waals surface area (Å²) in [7, 11) is -3.66. The van der Waals surface area contributed by atoms with E-state index in [0.717, 1.165) is 17.7 Å². The first-order valence-corrected chi connectivity index (χ1v) is 9.85. The molecule has 0 radical (unpaired) electrons. The van der Waals surface area contributed by atoms with Gasteiger partial charge in [0.25, 0.3) is 0 Å². The molecular weight excluding hydrogens is 356 g/mol. The van der Waals surface area contributed by atoms with Gasteiger partial charge in [-0.25, -0.2) is 22.8 Å². The second-order valence-electron chi connectivity index (χ2n) is 5.40. The van der Waals surface area contributed by atoms with E-state index in [1.807, 2.05) is 6.07 Å². The third kappa shape index (κ3) is 2.65. The molecule has 0 bridgehead atoms. The van der Waals surface area contributed by atoms with Crippen LogP contribution in [0.4, 0.5) is 0 Å². The number of benzene rings is 1. The Hall–Kier alpha value is -1.48. The summed E-state index contributed by atoms with van der Waals surface area (Å²) in [5, 5.41) is 6.93. The van der Waals surface area contributed by atoms with E-state index >= 15 is 0 Å². The number of sulfonamides is 1. The molecule has 9 heteroatoms. The first-order valence-electron chi connectivity index (χ1n) is 7.11. The number of thiophene rings is 1. The van der Waals surface area contributed by atoms with Gasteiger partial charge in [0.2, 0.25) is 10.0 Å². The lowest BCUT2D eigenvalue weighted by molar-refractivity contribution is 0.400. The van der Waals surface area contributed by atoms with Crippen molar-refractivity contribution in [1.82, 2.24) is 19.5 Å². The predicted octanol–water partition coefficient (Wildman–Crippen LogP) is 2.96. The number of aromatic nitrogens is 3. The Bertz CT molecular complexity index is 980. The normalized spacial score (nSPS) is 18.2. The van der Waals surface area contributed by atoms with Crippen molar-refractivity contribution in [3.63, 3.8) is 0 Å². The van der Waals surface area contributed by atoms with E-state index in [1.165, 1.54) is 17.7 Å². The summed E-state index contributed by atoms with van der Waals surface area (Å²) in [5.74, 6) is 0.664. The van der Waals surface area contributed by atoms with Crippen LogP contribution in [0, 0.1) is 0 Å². The summed E-state index contributed by atoms with van der Waals surface area (Å²) in [6, 6.07) is 4.92. The summed E-state index contributed by atoms with van der Waals surface area (Å²) in [6.07, 6.45) is 3.03. The maximum atomic E-state index is 12.8. The molecule has 120 valence electrons. The maximum absolute atomic E-state index is 12.8. The van der Waals surface area contributed by atoms with Crippen LogP contribution < -0.4 is 4.72 Å². The molecule has 1 N–H and O–H groups in total. The molecule has 2 aromatic heterocycles. The molecule has 3 heterocycles. The number of hydrogen-bond donors (Lipinski definition) is 1. The molecule has 1 aromatic carbocycles. The third-order valence-electron chi connectivity index (χ3n) is 3.91. The predicted molar refractivity (Wildman–Crippen MR) is 89.2 cm³/mol. The monoisotopic (exact) mass is 368 g/mol. The van der Waals surface area contributed by atoms with Gasteiger partial charge in [0.1, 0.15) is 17.0 Å². The molecule has 0 spiro atoms. The van der Waals surface area contributed by atoms with Crippen LogP contribution in [0.3, 0.4) is 0 Å². The Morgan fingerprint density at radius 3 is 3.13 bits per heavy atom. The lowest BCUT2D eigenvalue weighted by Crippen LogP contribution is -2.33. The molecule has 0 amide bonds. The third-order valence-corrected chi connectivity index (χ3v) is 6.77. The van der Waals surface area contributed by atoms with Crippen LogP contribution >= 0.6 is 22.9 Å². The van der Waals surface area contributed by atoms with Gasteiger partial charge in [0, 0.05) is 27.0 Å². The quantitative estimate of drug-likeness (QED) is 0.771. The van der Waals surface area contributed by atoms with Crippen LogP contribution in [0.25, 0.3) is 10.1 Å². The molecule has 1 atom stereocenters. The fourth-order valence-corrected chi connectivity index (χ4v) is 5.71. The van der Waals surface area contributed by atoms with E-state index in [4.69, 9.17) is 11.6 Å². The highest BCUT2D eigenvalue weighted by atomic mass is 35.5. The van der Waals surface area contributed by atoms with Crippen molar-refractivity contribution in [2.75, 3.05) is 0 Å². The zero-order valence-electron chi connectivity index (χ0n) is 11.9. The van der Waals surface area contributed by atoms with Gasteiger partial charge >= 0.3 is 0 Å². The number of rotatable bonds is 3. The second-order valence-corrected chi connectivity index (χ2v) is 8.43. The standard InChI is InChI=1S/C14H13ClN4O2S2/c15-9-3-4-12-10(6-9)13(7-22-12)23(20,21)18-11-2-1-5-19-14(11)16-8-17-19/h3-4,6-8,11,18H,1-2,5H2. The molecule has 0 saturated carbocycles. The summed E-state index contributed by atoms with van der Waals surface area (Å²) >= 11 is 7.40. The lowest BCUT2D eigenvalue weighted by Gasteiger charge is -2.22. The molecule has 0 saturated heterocycles. The summed E-state index contributed by atoms with van der Waals surface area (Å²) in [5.41, 5.74) is 0. The largest absolute Gasteiger partial charge is 0.248 e. The molecule has 6 nitrogen and oxygen atoms in total. The molecular formula is C14H13ClN4O2S2. The van der Waals surface area contributed by atoms with Crippen LogP contribution in [0.5, 0.6) is 0 Å². The van der Waals surface area contributed by atoms with E-state index in [2.05, 4.69) is 14.8 Å². The molecule has 1 unspecified atom stereocenters. The Morgan fingerprint density at radius 1 is 1.39 bits per heavy atom. The van der Waals surface area contributed by atoms with Crippen molar-refractivity contribution in [1.29, 1.82) is 0 Å². The van der Waals surface area contributed by atoms with E-state index in [0.29, 0.717) is 22.7 Å².